The van der Waals surface area contributed by atoms with Gasteiger partial charge in [-0.15, -0.1) is 10.2 Å². The highest BCUT2D eigenvalue weighted by Crippen LogP contribution is 2.25. The minimum Gasteiger partial charge on any atom is -0.492 e. The highest BCUT2D eigenvalue weighted by atomic mass is 35.5. The second-order valence-electron chi connectivity index (χ2n) is 6.77. The molecule has 158 valence electrons. The average Bonchev–Trinajstić information content (AvgIpc) is 3.14. The van der Waals surface area contributed by atoms with Crippen LogP contribution in [0.4, 0.5) is 0 Å². The van der Waals surface area contributed by atoms with E-state index in [0.29, 0.717) is 18.2 Å². The zero-order valence-electron chi connectivity index (χ0n) is 17.1. The summed E-state index contributed by atoms with van der Waals surface area (Å²) in [5.41, 5.74) is 2.21. The number of benzene rings is 2. The summed E-state index contributed by atoms with van der Waals surface area (Å²) in [4.78, 5) is 12.2. The predicted octanol–water partition coefficient (Wildman–Crippen LogP) is 4.60. The number of ether oxygens (including phenoxy) is 1. The molecule has 0 atom stereocenters. The van der Waals surface area contributed by atoms with Crippen LogP contribution in [0.1, 0.15) is 18.9 Å². The molecule has 0 spiro atoms. The van der Waals surface area contributed by atoms with Crippen LogP contribution in [0.3, 0.4) is 0 Å². The molecule has 0 saturated carbocycles. The van der Waals surface area contributed by atoms with Crippen molar-refractivity contribution in [3.8, 4) is 17.1 Å². The molecule has 8 heteroatoms. The lowest BCUT2D eigenvalue weighted by Gasteiger charge is -2.10. The van der Waals surface area contributed by atoms with E-state index in [9.17, 15) is 4.79 Å². The maximum Gasteiger partial charge on any atom is 0.230 e. The fourth-order valence-corrected chi connectivity index (χ4v) is 3.81. The standard InChI is InChI=1S/C22H25ClN4O2S/c1-3-12-27-21(17-6-4-5-16(2)14-17)25-26-22(27)30-15-20(28)24-11-13-29-19-9-7-18(23)8-10-19/h4-10,14H,3,11-13,15H2,1-2H3,(H,24,28). The first kappa shape index (κ1) is 22.2. The minimum absolute atomic E-state index is 0.0668. The fraction of sp³-hybridized carbons (Fsp3) is 0.318. The monoisotopic (exact) mass is 444 g/mol. The molecule has 1 heterocycles. The van der Waals surface area contributed by atoms with Crippen LogP contribution in [0.2, 0.25) is 5.02 Å². The van der Waals surface area contributed by atoms with Crippen molar-refractivity contribution in [1.29, 1.82) is 0 Å². The average molecular weight is 445 g/mol. The smallest absolute Gasteiger partial charge is 0.230 e. The molecule has 0 aliphatic rings. The summed E-state index contributed by atoms with van der Waals surface area (Å²) in [5.74, 6) is 1.76. The first-order valence-electron chi connectivity index (χ1n) is 9.85. The number of thioether (sulfide) groups is 1. The number of rotatable bonds is 10. The summed E-state index contributed by atoms with van der Waals surface area (Å²) in [6.07, 6.45) is 0.957. The van der Waals surface area contributed by atoms with Crippen molar-refractivity contribution in [2.75, 3.05) is 18.9 Å². The Morgan fingerprint density at radius 1 is 1.20 bits per heavy atom. The molecule has 0 radical (unpaired) electrons. The maximum atomic E-state index is 12.2. The van der Waals surface area contributed by atoms with Crippen molar-refractivity contribution in [2.24, 2.45) is 0 Å². The molecule has 3 rings (SSSR count). The Bertz CT molecular complexity index is 976. The summed E-state index contributed by atoms with van der Waals surface area (Å²) in [6.45, 7) is 5.79. The van der Waals surface area contributed by atoms with Crippen LogP contribution in [0.25, 0.3) is 11.4 Å². The Kier molecular flexibility index (Phi) is 8.16. The van der Waals surface area contributed by atoms with Crippen molar-refractivity contribution in [2.45, 2.75) is 32.0 Å². The summed E-state index contributed by atoms with van der Waals surface area (Å²) in [5, 5.41) is 13.0. The number of nitrogens with zero attached hydrogens (tertiary/aromatic N) is 3. The van der Waals surface area contributed by atoms with Crippen molar-refractivity contribution >= 4 is 29.3 Å². The van der Waals surface area contributed by atoms with Crippen molar-refractivity contribution < 1.29 is 9.53 Å². The van der Waals surface area contributed by atoms with Gasteiger partial charge in [0.2, 0.25) is 5.91 Å². The van der Waals surface area contributed by atoms with Gasteiger partial charge in [-0.1, -0.05) is 54.0 Å². The Morgan fingerprint density at radius 2 is 2.00 bits per heavy atom. The lowest BCUT2D eigenvalue weighted by Crippen LogP contribution is -2.29. The third-order valence-corrected chi connectivity index (χ3v) is 5.50. The molecule has 0 fully saturated rings. The van der Waals surface area contributed by atoms with Gasteiger partial charge in [-0.05, 0) is 43.7 Å². The second kappa shape index (κ2) is 11.0. The molecule has 6 nitrogen and oxygen atoms in total. The fourth-order valence-electron chi connectivity index (χ4n) is 2.89. The molecule has 0 unspecified atom stereocenters. The van der Waals surface area contributed by atoms with Gasteiger partial charge in [0.15, 0.2) is 11.0 Å². The second-order valence-corrected chi connectivity index (χ2v) is 8.15. The lowest BCUT2D eigenvalue weighted by molar-refractivity contribution is -0.118. The molecule has 3 aromatic rings. The van der Waals surface area contributed by atoms with Gasteiger partial charge in [0.25, 0.3) is 0 Å². The number of carbonyl (C=O) groups is 1. The van der Waals surface area contributed by atoms with Gasteiger partial charge < -0.3 is 14.6 Å². The summed E-state index contributed by atoms with van der Waals surface area (Å²) in [7, 11) is 0. The largest absolute Gasteiger partial charge is 0.492 e. The molecule has 1 aromatic heterocycles. The van der Waals surface area contributed by atoms with Gasteiger partial charge in [0, 0.05) is 17.1 Å². The maximum absolute atomic E-state index is 12.2. The number of carbonyl (C=O) groups excluding carboxylic acids is 1. The Morgan fingerprint density at radius 3 is 2.73 bits per heavy atom. The summed E-state index contributed by atoms with van der Waals surface area (Å²) in [6, 6.07) is 15.3. The van der Waals surface area contributed by atoms with Crippen LogP contribution in [0, 0.1) is 6.92 Å². The Hall–Kier alpha value is -2.51. The zero-order valence-corrected chi connectivity index (χ0v) is 18.7. The van der Waals surface area contributed by atoms with E-state index >= 15 is 0 Å². The molecule has 1 amide bonds. The molecule has 0 saturated heterocycles. The van der Waals surface area contributed by atoms with E-state index in [4.69, 9.17) is 16.3 Å². The van der Waals surface area contributed by atoms with E-state index in [2.05, 4.69) is 46.1 Å². The third kappa shape index (κ3) is 6.24. The SMILES string of the molecule is CCCn1c(SCC(=O)NCCOc2ccc(Cl)cc2)nnc1-c1cccc(C)c1. The van der Waals surface area contributed by atoms with Crippen LogP contribution >= 0.6 is 23.4 Å². The van der Waals surface area contributed by atoms with Crippen LogP contribution in [0.15, 0.2) is 53.7 Å². The first-order valence-corrected chi connectivity index (χ1v) is 11.2. The Balaban J connectivity index is 1.51. The third-order valence-electron chi connectivity index (χ3n) is 4.28. The number of aryl methyl sites for hydroxylation is 1. The van der Waals surface area contributed by atoms with Crippen LogP contribution in [-0.2, 0) is 11.3 Å². The molecular weight excluding hydrogens is 420 g/mol. The van der Waals surface area contributed by atoms with Gasteiger partial charge >= 0.3 is 0 Å². The minimum atomic E-state index is -0.0668. The molecular formula is C22H25ClN4O2S. The number of hydrogen-bond acceptors (Lipinski definition) is 5. The van der Waals surface area contributed by atoms with Crippen LogP contribution in [0.5, 0.6) is 5.75 Å². The first-order chi connectivity index (χ1) is 14.6. The van der Waals surface area contributed by atoms with Gasteiger partial charge in [-0.3, -0.25) is 4.79 Å². The van der Waals surface area contributed by atoms with Crippen molar-refractivity contribution in [1.82, 2.24) is 20.1 Å². The molecule has 0 bridgehead atoms. The Labute approximate surface area is 186 Å². The molecule has 2 aromatic carbocycles. The molecule has 0 aliphatic carbocycles. The van der Waals surface area contributed by atoms with Crippen LogP contribution in [-0.4, -0.2) is 39.6 Å². The highest BCUT2D eigenvalue weighted by molar-refractivity contribution is 7.99. The van der Waals surface area contributed by atoms with Crippen LogP contribution < -0.4 is 10.1 Å². The molecule has 0 aliphatic heterocycles. The predicted molar refractivity (Wildman–Crippen MR) is 121 cm³/mol. The van der Waals surface area contributed by atoms with E-state index in [1.807, 2.05) is 12.1 Å². The van der Waals surface area contributed by atoms with E-state index in [1.165, 1.54) is 17.3 Å². The number of nitrogens with one attached hydrogen (secondary N) is 1. The number of hydrogen-bond donors (Lipinski definition) is 1. The topological polar surface area (TPSA) is 69.0 Å². The quantitative estimate of drug-likeness (QED) is 0.365. The number of aromatic nitrogens is 3. The molecule has 30 heavy (non-hydrogen) atoms. The zero-order chi connectivity index (χ0) is 21.3. The highest BCUT2D eigenvalue weighted by Gasteiger charge is 2.15. The number of amides is 1. The molecule has 1 N–H and O–H groups in total. The summed E-state index contributed by atoms with van der Waals surface area (Å²) >= 11 is 7.24. The van der Waals surface area contributed by atoms with Gasteiger partial charge in [0.05, 0.1) is 12.3 Å². The number of halogens is 1. The van der Waals surface area contributed by atoms with Gasteiger partial charge in [0.1, 0.15) is 12.4 Å². The summed E-state index contributed by atoms with van der Waals surface area (Å²) < 4.78 is 7.66. The van der Waals surface area contributed by atoms with E-state index in [1.54, 1.807) is 24.3 Å². The van der Waals surface area contributed by atoms with Gasteiger partial charge in [-0.25, -0.2) is 0 Å². The van der Waals surface area contributed by atoms with E-state index in [-0.39, 0.29) is 11.7 Å². The van der Waals surface area contributed by atoms with E-state index < -0.39 is 0 Å². The normalized spacial score (nSPS) is 10.8. The van der Waals surface area contributed by atoms with Crippen molar-refractivity contribution in [3.63, 3.8) is 0 Å². The van der Waals surface area contributed by atoms with Gasteiger partial charge in [-0.2, -0.15) is 0 Å². The van der Waals surface area contributed by atoms with Crippen molar-refractivity contribution in [3.05, 3.63) is 59.1 Å². The van der Waals surface area contributed by atoms with E-state index in [0.717, 1.165) is 35.3 Å². The lowest BCUT2D eigenvalue weighted by atomic mass is 10.1.